The van der Waals surface area contributed by atoms with E-state index >= 15 is 0 Å². The van der Waals surface area contributed by atoms with Crippen LogP contribution in [0.3, 0.4) is 0 Å². The van der Waals surface area contributed by atoms with Gasteiger partial charge < -0.3 is 15.5 Å². The molecule has 0 saturated carbocycles. The fourth-order valence-corrected chi connectivity index (χ4v) is 2.74. The summed E-state index contributed by atoms with van der Waals surface area (Å²) in [4.78, 5) is 13.2. The third-order valence-corrected chi connectivity index (χ3v) is 3.68. The number of para-hydroxylation sites is 1. The molecule has 0 spiro atoms. The predicted octanol–water partition coefficient (Wildman–Crippen LogP) is 2.04. The Morgan fingerprint density at radius 3 is 2.90 bits per heavy atom. The minimum atomic E-state index is -0.193. The lowest BCUT2D eigenvalue weighted by atomic mass is 10.1. The standard InChI is InChI=1S/C16H24FN3O/c1-11(2)18-9-13-5-4-6-15(17)16(13)20-8-7-14(10-20)19-12(3)21/h4-6,11,14,18H,7-10H2,1-3H3,(H,19,21). The van der Waals surface area contributed by atoms with Crippen molar-refractivity contribution in [3.05, 3.63) is 29.6 Å². The summed E-state index contributed by atoms with van der Waals surface area (Å²) in [5.74, 6) is -0.224. The SMILES string of the molecule is CC(=O)NC1CCN(c2c(F)cccc2CNC(C)C)C1. The highest BCUT2D eigenvalue weighted by atomic mass is 19.1. The zero-order chi connectivity index (χ0) is 15.4. The number of hydrogen-bond acceptors (Lipinski definition) is 3. The molecule has 21 heavy (non-hydrogen) atoms. The van der Waals surface area contributed by atoms with E-state index < -0.39 is 0 Å². The van der Waals surface area contributed by atoms with Crippen LogP contribution in [0.4, 0.5) is 10.1 Å². The molecular formula is C16H24FN3O. The second-order valence-electron chi connectivity index (χ2n) is 5.92. The van der Waals surface area contributed by atoms with Crippen molar-refractivity contribution in [1.29, 1.82) is 0 Å². The van der Waals surface area contributed by atoms with Crippen LogP contribution in [0.25, 0.3) is 0 Å². The highest BCUT2D eigenvalue weighted by Crippen LogP contribution is 2.28. The molecule has 1 amide bonds. The number of benzene rings is 1. The first kappa shape index (κ1) is 15.8. The molecule has 0 radical (unpaired) electrons. The van der Waals surface area contributed by atoms with Gasteiger partial charge in [0, 0.05) is 38.6 Å². The van der Waals surface area contributed by atoms with Gasteiger partial charge in [0.1, 0.15) is 5.82 Å². The molecular weight excluding hydrogens is 269 g/mol. The van der Waals surface area contributed by atoms with Crippen molar-refractivity contribution in [3.8, 4) is 0 Å². The van der Waals surface area contributed by atoms with Crippen molar-refractivity contribution < 1.29 is 9.18 Å². The van der Waals surface area contributed by atoms with E-state index in [0.29, 0.717) is 24.8 Å². The molecule has 0 aromatic heterocycles. The molecule has 1 heterocycles. The molecule has 1 fully saturated rings. The minimum Gasteiger partial charge on any atom is -0.367 e. The van der Waals surface area contributed by atoms with Crippen molar-refractivity contribution in [3.63, 3.8) is 0 Å². The van der Waals surface area contributed by atoms with Gasteiger partial charge in [-0.15, -0.1) is 0 Å². The number of carbonyl (C=O) groups excluding carboxylic acids is 1. The molecule has 5 heteroatoms. The Hall–Kier alpha value is -1.62. The zero-order valence-electron chi connectivity index (χ0n) is 12.9. The lowest BCUT2D eigenvalue weighted by molar-refractivity contribution is -0.119. The summed E-state index contributed by atoms with van der Waals surface area (Å²) in [5, 5.41) is 6.25. The predicted molar refractivity (Wildman–Crippen MR) is 82.8 cm³/mol. The van der Waals surface area contributed by atoms with E-state index in [4.69, 9.17) is 0 Å². The number of halogens is 1. The van der Waals surface area contributed by atoms with E-state index in [1.54, 1.807) is 6.07 Å². The number of hydrogen-bond donors (Lipinski definition) is 2. The van der Waals surface area contributed by atoms with E-state index in [-0.39, 0.29) is 17.8 Å². The second-order valence-corrected chi connectivity index (χ2v) is 5.92. The molecule has 1 aromatic carbocycles. The Morgan fingerprint density at radius 1 is 1.48 bits per heavy atom. The van der Waals surface area contributed by atoms with Gasteiger partial charge in [0.15, 0.2) is 0 Å². The van der Waals surface area contributed by atoms with Crippen molar-refractivity contribution in [2.75, 3.05) is 18.0 Å². The van der Waals surface area contributed by atoms with E-state index in [2.05, 4.69) is 24.5 Å². The van der Waals surface area contributed by atoms with Gasteiger partial charge in [0.05, 0.1) is 5.69 Å². The molecule has 1 atom stereocenters. The summed E-state index contributed by atoms with van der Waals surface area (Å²) in [7, 11) is 0. The van der Waals surface area contributed by atoms with Gasteiger partial charge in [-0.1, -0.05) is 26.0 Å². The fraction of sp³-hybridized carbons (Fsp3) is 0.562. The lowest BCUT2D eigenvalue weighted by Gasteiger charge is -2.23. The van der Waals surface area contributed by atoms with Gasteiger partial charge in [-0.2, -0.15) is 0 Å². The quantitative estimate of drug-likeness (QED) is 0.873. The molecule has 1 saturated heterocycles. The van der Waals surface area contributed by atoms with Gasteiger partial charge in [-0.05, 0) is 18.1 Å². The van der Waals surface area contributed by atoms with E-state index in [0.717, 1.165) is 18.5 Å². The van der Waals surface area contributed by atoms with E-state index in [1.165, 1.54) is 13.0 Å². The maximum absolute atomic E-state index is 14.3. The van der Waals surface area contributed by atoms with Crippen LogP contribution in [0.2, 0.25) is 0 Å². The zero-order valence-corrected chi connectivity index (χ0v) is 12.9. The molecule has 1 aliphatic rings. The maximum Gasteiger partial charge on any atom is 0.217 e. The van der Waals surface area contributed by atoms with Crippen molar-refractivity contribution in [2.24, 2.45) is 0 Å². The Labute approximate surface area is 125 Å². The first-order chi connectivity index (χ1) is 9.97. The van der Waals surface area contributed by atoms with Crippen LogP contribution in [-0.2, 0) is 11.3 Å². The van der Waals surface area contributed by atoms with E-state index in [9.17, 15) is 9.18 Å². The first-order valence-electron chi connectivity index (χ1n) is 7.50. The summed E-state index contributed by atoms with van der Waals surface area (Å²) in [6, 6.07) is 5.66. The van der Waals surface area contributed by atoms with Crippen LogP contribution in [0.5, 0.6) is 0 Å². The van der Waals surface area contributed by atoms with Gasteiger partial charge in [0.2, 0.25) is 5.91 Å². The van der Waals surface area contributed by atoms with Gasteiger partial charge in [-0.25, -0.2) is 4.39 Å². The molecule has 1 unspecified atom stereocenters. The molecule has 0 bridgehead atoms. The number of amides is 1. The summed E-state index contributed by atoms with van der Waals surface area (Å²) in [5.41, 5.74) is 1.63. The number of carbonyl (C=O) groups is 1. The lowest BCUT2D eigenvalue weighted by Crippen LogP contribution is -2.36. The monoisotopic (exact) mass is 293 g/mol. The molecule has 1 aliphatic heterocycles. The smallest absolute Gasteiger partial charge is 0.217 e. The summed E-state index contributed by atoms with van der Waals surface area (Å²) < 4.78 is 14.3. The average molecular weight is 293 g/mol. The second kappa shape index (κ2) is 6.89. The maximum atomic E-state index is 14.3. The van der Waals surface area contributed by atoms with Gasteiger partial charge in [-0.3, -0.25) is 4.79 Å². The third-order valence-electron chi connectivity index (χ3n) is 3.68. The largest absolute Gasteiger partial charge is 0.367 e. The highest BCUT2D eigenvalue weighted by Gasteiger charge is 2.26. The highest BCUT2D eigenvalue weighted by molar-refractivity contribution is 5.73. The number of rotatable bonds is 5. The van der Waals surface area contributed by atoms with Gasteiger partial charge in [0.25, 0.3) is 0 Å². The topological polar surface area (TPSA) is 44.4 Å². The molecule has 4 nitrogen and oxygen atoms in total. The molecule has 1 aromatic rings. The van der Waals surface area contributed by atoms with Crippen LogP contribution >= 0.6 is 0 Å². The Balaban J connectivity index is 2.13. The third kappa shape index (κ3) is 4.17. The van der Waals surface area contributed by atoms with Crippen LogP contribution < -0.4 is 15.5 Å². The normalized spacial score (nSPS) is 18.3. The van der Waals surface area contributed by atoms with Crippen molar-refractivity contribution in [1.82, 2.24) is 10.6 Å². The summed E-state index contributed by atoms with van der Waals surface area (Å²) >= 11 is 0. The van der Waals surface area contributed by atoms with Crippen LogP contribution in [-0.4, -0.2) is 31.1 Å². The van der Waals surface area contributed by atoms with Crippen molar-refractivity contribution >= 4 is 11.6 Å². The summed E-state index contributed by atoms with van der Waals surface area (Å²) in [6.45, 7) is 7.73. The van der Waals surface area contributed by atoms with Crippen LogP contribution in [0.1, 0.15) is 32.8 Å². The average Bonchev–Trinajstić information content (AvgIpc) is 2.83. The van der Waals surface area contributed by atoms with Crippen LogP contribution in [0, 0.1) is 5.82 Å². The fourth-order valence-electron chi connectivity index (χ4n) is 2.74. The Bertz CT molecular complexity index is 504. The first-order valence-corrected chi connectivity index (χ1v) is 7.50. The molecule has 2 rings (SSSR count). The van der Waals surface area contributed by atoms with Gasteiger partial charge >= 0.3 is 0 Å². The molecule has 0 aliphatic carbocycles. The Morgan fingerprint density at radius 2 is 2.24 bits per heavy atom. The number of nitrogens with one attached hydrogen (secondary N) is 2. The number of anilines is 1. The van der Waals surface area contributed by atoms with Crippen LogP contribution in [0.15, 0.2) is 18.2 Å². The van der Waals surface area contributed by atoms with E-state index in [1.807, 2.05) is 11.0 Å². The van der Waals surface area contributed by atoms with Crippen molar-refractivity contribution in [2.45, 2.75) is 45.8 Å². The number of nitrogens with zero attached hydrogens (tertiary/aromatic N) is 1. The Kier molecular flexibility index (Phi) is 5.17. The summed E-state index contributed by atoms with van der Waals surface area (Å²) in [6.07, 6.45) is 0.852. The molecule has 116 valence electrons. The minimum absolute atomic E-state index is 0.0305. The molecule has 2 N–H and O–H groups in total.